The van der Waals surface area contributed by atoms with Gasteiger partial charge in [0.1, 0.15) is 0 Å². The molecule has 0 atom stereocenters. The largest absolute Gasteiger partial charge is 0.366 e. The van der Waals surface area contributed by atoms with Crippen LogP contribution in [0, 0.1) is 0 Å². The maximum Gasteiger partial charge on any atom is 0.241 e. The van der Waals surface area contributed by atoms with E-state index in [9.17, 15) is 4.79 Å². The highest BCUT2D eigenvalue weighted by Gasteiger charge is 1.92. The summed E-state index contributed by atoms with van der Waals surface area (Å²) < 4.78 is 0. The highest BCUT2D eigenvalue weighted by Crippen LogP contribution is 2.11. The molecule has 0 unspecified atom stereocenters. The monoisotopic (exact) mass is 305 g/mol. The molecular formula is C20H35NO. The van der Waals surface area contributed by atoms with Crippen molar-refractivity contribution in [3.8, 4) is 0 Å². The van der Waals surface area contributed by atoms with Crippen molar-refractivity contribution in [2.24, 2.45) is 5.73 Å². The van der Waals surface area contributed by atoms with Crippen LogP contribution in [-0.4, -0.2) is 5.91 Å². The number of primary amides is 1. The van der Waals surface area contributed by atoms with Crippen LogP contribution in [0.4, 0.5) is 0 Å². The lowest BCUT2D eigenvalue weighted by molar-refractivity contribution is -0.113. The molecule has 0 aliphatic rings. The van der Waals surface area contributed by atoms with E-state index < -0.39 is 5.91 Å². The quantitative estimate of drug-likeness (QED) is 0.230. The summed E-state index contributed by atoms with van der Waals surface area (Å²) >= 11 is 0. The minimum absolute atomic E-state index is 0.408. The van der Waals surface area contributed by atoms with Crippen LogP contribution in [0.1, 0.15) is 84.0 Å². The summed E-state index contributed by atoms with van der Waals surface area (Å²) in [7, 11) is 0. The summed E-state index contributed by atoms with van der Waals surface area (Å²) in [5.41, 5.74) is 4.98. The Morgan fingerprint density at radius 2 is 1.23 bits per heavy atom. The maximum atomic E-state index is 10.4. The van der Waals surface area contributed by atoms with Gasteiger partial charge in [0.05, 0.1) is 0 Å². The first kappa shape index (κ1) is 20.7. The fourth-order valence-corrected chi connectivity index (χ4v) is 2.38. The second kappa shape index (κ2) is 17.7. The lowest BCUT2D eigenvalue weighted by Gasteiger charge is -2.01. The van der Waals surface area contributed by atoms with Crippen molar-refractivity contribution in [2.45, 2.75) is 84.0 Å². The standard InChI is InChI=1S/C20H35NO/c1-2-3-4-5-6-7-8-9-10-11-12-13-14-15-16-17-18-19-20(21)22/h14-19H,2-13H2,1H3,(H2,21,22). The molecule has 2 nitrogen and oxygen atoms in total. The first-order valence-corrected chi connectivity index (χ1v) is 9.06. The first-order chi connectivity index (χ1) is 10.8. The van der Waals surface area contributed by atoms with Gasteiger partial charge in [0.25, 0.3) is 0 Å². The van der Waals surface area contributed by atoms with Crippen LogP contribution in [0.3, 0.4) is 0 Å². The number of carbonyl (C=O) groups is 1. The van der Waals surface area contributed by atoms with Crippen molar-refractivity contribution in [2.75, 3.05) is 0 Å². The van der Waals surface area contributed by atoms with Crippen LogP contribution in [-0.2, 0) is 4.79 Å². The van der Waals surface area contributed by atoms with E-state index in [0.29, 0.717) is 0 Å². The fourth-order valence-electron chi connectivity index (χ4n) is 2.38. The molecule has 22 heavy (non-hydrogen) atoms. The second-order valence-corrected chi connectivity index (χ2v) is 5.90. The lowest BCUT2D eigenvalue weighted by Crippen LogP contribution is -2.04. The summed E-state index contributed by atoms with van der Waals surface area (Å²) in [4.78, 5) is 10.4. The Morgan fingerprint density at radius 1 is 0.727 bits per heavy atom. The van der Waals surface area contributed by atoms with E-state index in [2.05, 4.69) is 13.0 Å². The van der Waals surface area contributed by atoms with Gasteiger partial charge < -0.3 is 5.73 Å². The van der Waals surface area contributed by atoms with Gasteiger partial charge in [-0.2, -0.15) is 0 Å². The molecule has 0 aromatic carbocycles. The van der Waals surface area contributed by atoms with Gasteiger partial charge in [0, 0.05) is 6.08 Å². The molecule has 0 rings (SSSR count). The summed E-state index contributed by atoms with van der Waals surface area (Å²) in [5, 5.41) is 0. The Labute approximate surface area is 137 Å². The van der Waals surface area contributed by atoms with Gasteiger partial charge in [-0.15, -0.1) is 0 Å². The van der Waals surface area contributed by atoms with E-state index in [0.717, 1.165) is 6.42 Å². The molecule has 0 aromatic heterocycles. The number of allylic oxidation sites excluding steroid dienone is 5. The fraction of sp³-hybridized carbons (Fsp3) is 0.650. The zero-order valence-corrected chi connectivity index (χ0v) is 14.4. The van der Waals surface area contributed by atoms with Crippen molar-refractivity contribution >= 4 is 5.91 Å². The molecule has 0 heterocycles. The zero-order valence-electron chi connectivity index (χ0n) is 14.4. The van der Waals surface area contributed by atoms with Crippen molar-refractivity contribution in [3.05, 3.63) is 36.5 Å². The topological polar surface area (TPSA) is 43.1 Å². The van der Waals surface area contributed by atoms with Gasteiger partial charge in [-0.3, -0.25) is 4.79 Å². The Hall–Kier alpha value is -1.31. The summed E-state index contributed by atoms with van der Waals surface area (Å²) in [6.07, 6.45) is 27.4. The van der Waals surface area contributed by atoms with Gasteiger partial charge in [0.2, 0.25) is 5.91 Å². The summed E-state index contributed by atoms with van der Waals surface area (Å²) in [6, 6.07) is 0. The molecule has 0 fully saturated rings. The number of hydrogen-bond acceptors (Lipinski definition) is 1. The molecule has 0 aromatic rings. The van der Waals surface area contributed by atoms with E-state index in [1.807, 2.05) is 18.2 Å². The molecule has 0 saturated carbocycles. The van der Waals surface area contributed by atoms with Crippen LogP contribution in [0.5, 0.6) is 0 Å². The van der Waals surface area contributed by atoms with Crippen LogP contribution >= 0.6 is 0 Å². The van der Waals surface area contributed by atoms with Gasteiger partial charge in [0.15, 0.2) is 0 Å². The predicted molar refractivity (Wildman–Crippen MR) is 97.7 cm³/mol. The van der Waals surface area contributed by atoms with Crippen LogP contribution in [0.15, 0.2) is 36.5 Å². The van der Waals surface area contributed by atoms with E-state index in [1.165, 1.54) is 76.7 Å². The minimum atomic E-state index is -0.408. The van der Waals surface area contributed by atoms with E-state index >= 15 is 0 Å². The molecule has 0 spiro atoms. The van der Waals surface area contributed by atoms with Gasteiger partial charge in [-0.1, -0.05) is 102 Å². The minimum Gasteiger partial charge on any atom is -0.366 e. The predicted octanol–water partition coefficient (Wildman–Crippen LogP) is 5.84. The zero-order chi connectivity index (χ0) is 16.3. The molecule has 0 saturated heterocycles. The van der Waals surface area contributed by atoms with E-state index in [4.69, 9.17) is 5.73 Å². The number of carbonyl (C=O) groups excluding carboxylic acids is 1. The van der Waals surface area contributed by atoms with E-state index in [1.54, 1.807) is 6.08 Å². The molecule has 0 radical (unpaired) electrons. The highest BCUT2D eigenvalue weighted by molar-refractivity contribution is 5.85. The lowest BCUT2D eigenvalue weighted by atomic mass is 10.1. The van der Waals surface area contributed by atoms with Crippen molar-refractivity contribution in [3.63, 3.8) is 0 Å². The van der Waals surface area contributed by atoms with Gasteiger partial charge >= 0.3 is 0 Å². The molecule has 0 bridgehead atoms. The number of amides is 1. The molecular weight excluding hydrogens is 270 g/mol. The highest BCUT2D eigenvalue weighted by atomic mass is 16.1. The molecule has 2 heteroatoms. The van der Waals surface area contributed by atoms with Crippen molar-refractivity contribution in [1.29, 1.82) is 0 Å². The van der Waals surface area contributed by atoms with E-state index in [-0.39, 0.29) is 0 Å². The molecule has 0 aliphatic carbocycles. The molecule has 0 aliphatic heterocycles. The summed E-state index contributed by atoms with van der Waals surface area (Å²) in [5.74, 6) is -0.408. The third kappa shape index (κ3) is 18.7. The third-order valence-corrected chi connectivity index (χ3v) is 3.70. The maximum absolute atomic E-state index is 10.4. The van der Waals surface area contributed by atoms with Crippen molar-refractivity contribution < 1.29 is 4.79 Å². The molecule has 1 amide bonds. The van der Waals surface area contributed by atoms with Crippen molar-refractivity contribution in [1.82, 2.24) is 0 Å². The Morgan fingerprint density at radius 3 is 1.77 bits per heavy atom. The Bertz CT molecular complexity index is 329. The third-order valence-electron chi connectivity index (χ3n) is 3.70. The number of nitrogens with two attached hydrogens (primary N) is 1. The average Bonchev–Trinajstić information content (AvgIpc) is 2.50. The van der Waals surface area contributed by atoms with Crippen LogP contribution in [0.2, 0.25) is 0 Å². The second-order valence-electron chi connectivity index (χ2n) is 5.90. The normalized spacial score (nSPS) is 12.0. The number of hydrogen-bond donors (Lipinski definition) is 1. The average molecular weight is 306 g/mol. The van der Waals surface area contributed by atoms with Gasteiger partial charge in [-0.25, -0.2) is 0 Å². The SMILES string of the molecule is CCCCCCCCCCCCCC=CC=CC=CC(N)=O. The van der Waals surface area contributed by atoms with Gasteiger partial charge in [-0.05, 0) is 12.8 Å². The summed E-state index contributed by atoms with van der Waals surface area (Å²) in [6.45, 7) is 2.27. The molecule has 2 N–H and O–H groups in total. The van der Waals surface area contributed by atoms with Crippen LogP contribution in [0.25, 0.3) is 0 Å². The Kier molecular flexibility index (Phi) is 16.7. The first-order valence-electron chi connectivity index (χ1n) is 9.06. The Balaban J connectivity index is 3.21. The number of unbranched alkanes of at least 4 members (excludes halogenated alkanes) is 11. The smallest absolute Gasteiger partial charge is 0.241 e. The molecule has 126 valence electrons. The number of rotatable bonds is 15. The van der Waals surface area contributed by atoms with Crippen LogP contribution < -0.4 is 5.73 Å².